The molecule has 6 heteroatoms. The zero-order chi connectivity index (χ0) is 12.1. The Morgan fingerprint density at radius 3 is 3.00 bits per heavy atom. The third kappa shape index (κ3) is 2.79. The molecule has 1 N–H and O–H groups in total. The molecule has 0 saturated carbocycles. The molecule has 0 fully saturated rings. The molecule has 90 valence electrons. The number of hydrogen-bond acceptors (Lipinski definition) is 5. The molecule has 0 bridgehead atoms. The van der Waals surface area contributed by atoms with Gasteiger partial charge in [-0.1, -0.05) is 6.07 Å². The fraction of sp³-hybridized carbons (Fsp3) is 0.364. The molecule has 0 aromatic carbocycles. The molecule has 0 aliphatic carbocycles. The van der Waals surface area contributed by atoms with E-state index < -0.39 is 0 Å². The number of aryl methyl sites for hydroxylation is 1. The molecule has 0 saturated heterocycles. The van der Waals surface area contributed by atoms with Crippen molar-refractivity contribution in [1.82, 2.24) is 25.1 Å². The molecule has 0 amide bonds. The fourth-order valence-corrected chi connectivity index (χ4v) is 1.52. The van der Waals surface area contributed by atoms with Crippen LogP contribution in [0.4, 0.5) is 0 Å². The quantitative estimate of drug-likeness (QED) is 0.815. The summed E-state index contributed by atoms with van der Waals surface area (Å²) in [4.78, 5) is 4.13. The van der Waals surface area contributed by atoms with Gasteiger partial charge in [0.05, 0.1) is 13.7 Å². The van der Waals surface area contributed by atoms with Crippen molar-refractivity contribution in [2.75, 3.05) is 7.11 Å². The maximum absolute atomic E-state index is 5.17. The lowest BCUT2D eigenvalue weighted by Gasteiger charge is -2.07. The highest BCUT2D eigenvalue weighted by molar-refractivity contribution is 5.24. The Kier molecular flexibility index (Phi) is 3.66. The topological polar surface area (TPSA) is 64.9 Å². The van der Waals surface area contributed by atoms with Crippen molar-refractivity contribution < 1.29 is 4.74 Å². The number of hydrogen-bond donors (Lipinski definition) is 1. The van der Waals surface area contributed by atoms with Gasteiger partial charge in [0.25, 0.3) is 0 Å². The molecule has 2 heterocycles. The monoisotopic (exact) mass is 233 g/mol. The predicted molar refractivity (Wildman–Crippen MR) is 62.3 cm³/mol. The molecular weight excluding hydrogens is 218 g/mol. The van der Waals surface area contributed by atoms with Gasteiger partial charge in [0.1, 0.15) is 12.2 Å². The fourth-order valence-electron chi connectivity index (χ4n) is 1.52. The maximum atomic E-state index is 5.17. The van der Waals surface area contributed by atoms with E-state index in [1.54, 1.807) is 19.6 Å². The molecule has 0 radical (unpaired) electrons. The van der Waals surface area contributed by atoms with Gasteiger partial charge < -0.3 is 14.6 Å². The summed E-state index contributed by atoms with van der Waals surface area (Å²) in [6, 6.07) is 3.87. The summed E-state index contributed by atoms with van der Waals surface area (Å²) < 4.78 is 7.05. The molecule has 17 heavy (non-hydrogen) atoms. The van der Waals surface area contributed by atoms with E-state index in [0.29, 0.717) is 19.0 Å². The van der Waals surface area contributed by atoms with Crippen molar-refractivity contribution >= 4 is 0 Å². The lowest BCUT2D eigenvalue weighted by molar-refractivity contribution is 0.390. The smallest absolute Gasteiger partial charge is 0.217 e. The average molecular weight is 233 g/mol. The Hall–Kier alpha value is -1.95. The van der Waals surface area contributed by atoms with Crippen LogP contribution in [0.2, 0.25) is 0 Å². The van der Waals surface area contributed by atoms with Crippen molar-refractivity contribution in [3.63, 3.8) is 0 Å². The standard InChI is InChI=1S/C11H15N5O/c1-16-8-14-15-10(16)7-12-6-9-4-3-5-13-11(9)17-2/h3-5,8,12H,6-7H2,1-2H3. The minimum absolute atomic E-state index is 0.651. The van der Waals surface area contributed by atoms with Crippen LogP contribution in [0.1, 0.15) is 11.4 Å². The summed E-state index contributed by atoms with van der Waals surface area (Å²) >= 11 is 0. The third-order valence-corrected chi connectivity index (χ3v) is 2.45. The Balaban J connectivity index is 1.92. The normalized spacial score (nSPS) is 10.5. The molecule has 2 aromatic rings. The summed E-state index contributed by atoms with van der Waals surface area (Å²) in [5.41, 5.74) is 1.03. The lowest BCUT2D eigenvalue weighted by Crippen LogP contribution is -2.16. The van der Waals surface area contributed by atoms with Crippen LogP contribution in [0.5, 0.6) is 5.88 Å². The molecule has 2 rings (SSSR count). The summed E-state index contributed by atoms with van der Waals surface area (Å²) in [6.45, 7) is 1.35. The van der Waals surface area contributed by atoms with Crippen molar-refractivity contribution in [2.45, 2.75) is 13.1 Å². The van der Waals surface area contributed by atoms with Crippen LogP contribution in [-0.2, 0) is 20.1 Å². The van der Waals surface area contributed by atoms with Gasteiger partial charge in [-0.3, -0.25) is 0 Å². The van der Waals surface area contributed by atoms with E-state index in [9.17, 15) is 0 Å². The first-order valence-electron chi connectivity index (χ1n) is 5.32. The summed E-state index contributed by atoms with van der Waals surface area (Å²) in [5.74, 6) is 1.55. The van der Waals surface area contributed by atoms with Crippen LogP contribution >= 0.6 is 0 Å². The Morgan fingerprint density at radius 2 is 2.29 bits per heavy atom. The lowest BCUT2D eigenvalue weighted by atomic mass is 10.2. The highest BCUT2D eigenvalue weighted by Crippen LogP contribution is 2.12. The molecule has 0 spiro atoms. The van der Waals surface area contributed by atoms with Crippen LogP contribution in [0.25, 0.3) is 0 Å². The zero-order valence-corrected chi connectivity index (χ0v) is 9.92. The number of nitrogens with zero attached hydrogens (tertiary/aromatic N) is 4. The predicted octanol–water partition coefficient (Wildman–Crippen LogP) is 0.508. The first-order chi connectivity index (χ1) is 8.31. The second kappa shape index (κ2) is 5.40. The SMILES string of the molecule is COc1ncccc1CNCc1nncn1C. The van der Waals surface area contributed by atoms with E-state index in [4.69, 9.17) is 4.74 Å². The van der Waals surface area contributed by atoms with Crippen molar-refractivity contribution in [3.8, 4) is 5.88 Å². The summed E-state index contributed by atoms with van der Waals surface area (Å²) in [6.07, 6.45) is 3.40. The van der Waals surface area contributed by atoms with Gasteiger partial charge >= 0.3 is 0 Å². The van der Waals surface area contributed by atoms with Crippen LogP contribution < -0.4 is 10.1 Å². The highest BCUT2D eigenvalue weighted by Gasteiger charge is 2.04. The zero-order valence-electron chi connectivity index (χ0n) is 9.92. The minimum Gasteiger partial charge on any atom is -0.481 e. The van der Waals surface area contributed by atoms with Crippen molar-refractivity contribution in [1.29, 1.82) is 0 Å². The molecule has 0 aliphatic heterocycles. The van der Waals surface area contributed by atoms with E-state index in [-0.39, 0.29) is 0 Å². The Bertz CT molecular complexity index is 482. The number of pyridine rings is 1. The number of methoxy groups -OCH3 is 1. The number of rotatable bonds is 5. The summed E-state index contributed by atoms with van der Waals surface area (Å²) in [5, 5.41) is 11.1. The van der Waals surface area contributed by atoms with Gasteiger partial charge in [0, 0.05) is 25.4 Å². The van der Waals surface area contributed by atoms with Gasteiger partial charge in [-0.25, -0.2) is 4.98 Å². The molecule has 0 unspecified atom stereocenters. The number of aromatic nitrogens is 4. The van der Waals surface area contributed by atoms with Crippen LogP contribution in [0, 0.1) is 0 Å². The molecular formula is C11H15N5O. The number of nitrogens with one attached hydrogen (secondary N) is 1. The van der Waals surface area contributed by atoms with Crippen LogP contribution in [-0.4, -0.2) is 26.9 Å². The summed E-state index contributed by atoms with van der Waals surface area (Å²) in [7, 11) is 3.54. The Labute approximate surface area is 99.7 Å². The van der Waals surface area contributed by atoms with Gasteiger partial charge in [-0.2, -0.15) is 0 Å². The molecule has 0 atom stereocenters. The second-order valence-corrected chi connectivity index (χ2v) is 3.63. The third-order valence-electron chi connectivity index (χ3n) is 2.45. The first kappa shape index (κ1) is 11.5. The average Bonchev–Trinajstić information content (AvgIpc) is 2.76. The first-order valence-corrected chi connectivity index (χ1v) is 5.32. The van der Waals surface area contributed by atoms with Gasteiger partial charge in [-0.05, 0) is 6.07 Å². The van der Waals surface area contributed by atoms with Crippen molar-refractivity contribution in [2.24, 2.45) is 7.05 Å². The molecule has 0 aliphatic rings. The second-order valence-electron chi connectivity index (χ2n) is 3.63. The molecule has 2 aromatic heterocycles. The van der Waals surface area contributed by atoms with E-state index in [0.717, 1.165) is 11.4 Å². The Morgan fingerprint density at radius 1 is 1.41 bits per heavy atom. The maximum Gasteiger partial charge on any atom is 0.217 e. The number of ether oxygens (including phenoxy) is 1. The van der Waals surface area contributed by atoms with Gasteiger partial charge in [0.2, 0.25) is 5.88 Å². The van der Waals surface area contributed by atoms with Crippen LogP contribution in [0.3, 0.4) is 0 Å². The largest absolute Gasteiger partial charge is 0.481 e. The minimum atomic E-state index is 0.651. The van der Waals surface area contributed by atoms with E-state index in [1.165, 1.54) is 0 Å². The van der Waals surface area contributed by atoms with Gasteiger partial charge in [0.15, 0.2) is 0 Å². The van der Waals surface area contributed by atoms with Crippen LogP contribution in [0.15, 0.2) is 24.7 Å². The van der Waals surface area contributed by atoms with E-state index in [1.807, 2.05) is 23.7 Å². The van der Waals surface area contributed by atoms with Crippen molar-refractivity contribution in [3.05, 3.63) is 36.0 Å². The molecule has 6 nitrogen and oxygen atoms in total. The van der Waals surface area contributed by atoms with Gasteiger partial charge in [-0.15, -0.1) is 10.2 Å². The van der Waals surface area contributed by atoms with E-state index in [2.05, 4.69) is 20.5 Å². The highest BCUT2D eigenvalue weighted by atomic mass is 16.5. The van der Waals surface area contributed by atoms with E-state index >= 15 is 0 Å².